The van der Waals surface area contributed by atoms with Gasteiger partial charge in [0.25, 0.3) is 0 Å². The number of allylic oxidation sites excluding steroid dienone is 1. The number of hydrogen-bond acceptors (Lipinski definition) is 3. The van der Waals surface area contributed by atoms with Gasteiger partial charge in [-0.05, 0) is 19.9 Å². The maximum Gasteiger partial charge on any atom is 0.415 e. The molecule has 0 aliphatic carbocycles. The van der Waals surface area contributed by atoms with E-state index in [0.29, 0.717) is 0 Å². The average molecular weight is 172 g/mol. The zero-order valence-corrected chi connectivity index (χ0v) is 7.09. The molecule has 68 valence electrons. The number of rotatable bonds is 2. The summed E-state index contributed by atoms with van der Waals surface area (Å²) in [6.45, 7) is 3.88. The molecule has 5 heteroatoms. The lowest BCUT2D eigenvalue weighted by molar-refractivity contribution is 0.159. The van der Waals surface area contributed by atoms with Gasteiger partial charge in [-0.25, -0.2) is 14.9 Å². The van der Waals surface area contributed by atoms with E-state index in [1.54, 1.807) is 11.4 Å². The van der Waals surface area contributed by atoms with Gasteiger partial charge in [-0.15, -0.1) is 0 Å². The predicted molar refractivity (Wildman–Crippen MR) is 43.5 cm³/mol. The first-order valence-electron chi connectivity index (χ1n) is 3.39. The standard InChI is InChI=1S/C7H12N2O3/c1-5(2)3-4-12-7(11)9-6(8)10/h3H,4H2,1-2H3,(H3,8,9,10,11). The topological polar surface area (TPSA) is 81.4 Å². The average Bonchev–Trinajstić information content (AvgIpc) is 1.84. The molecule has 0 fully saturated rings. The van der Waals surface area contributed by atoms with Crippen LogP contribution in [-0.4, -0.2) is 18.7 Å². The van der Waals surface area contributed by atoms with E-state index in [4.69, 9.17) is 0 Å². The lowest BCUT2D eigenvalue weighted by Crippen LogP contribution is -2.35. The van der Waals surface area contributed by atoms with Crippen molar-refractivity contribution in [2.24, 2.45) is 5.73 Å². The van der Waals surface area contributed by atoms with Crippen molar-refractivity contribution in [1.82, 2.24) is 5.32 Å². The van der Waals surface area contributed by atoms with Crippen molar-refractivity contribution in [3.8, 4) is 0 Å². The highest BCUT2D eigenvalue weighted by Gasteiger charge is 2.02. The van der Waals surface area contributed by atoms with E-state index in [2.05, 4.69) is 10.5 Å². The molecule has 0 saturated heterocycles. The first kappa shape index (κ1) is 10.5. The molecule has 3 amide bonds. The minimum atomic E-state index is -0.919. The SMILES string of the molecule is CC(C)=CCOC(=O)NC(N)=O. The fourth-order valence-electron chi connectivity index (χ4n) is 0.421. The molecular formula is C7H12N2O3. The van der Waals surface area contributed by atoms with Crippen LogP contribution in [0.25, 0.3) is 0 Å². The molecule has 5 nitrogen and oxygen atoms in total. The van der Waals surface area contributed by atoms with Crippen LogP contribution in [0.4, 0.5) is 9.59 Å². The fraction of sp³-hybridized carbons (Fsp3) is 0.429. The second-order valence-corrected chi connectivity index (χ2v) is 2.37. The number of ether oxygens (including phenoxy) is 1. The molecule has 0 saturated carbocycles. The van der Waals surface area contributed by atoms with Crippen molar-refractivity contribution in [1.29, 1.82) is 0 Å². The number of carbonyl (C=O) groups excluding carboxylic acids is 2. The Morgan fingerprint density at radius 1 is 1.50 bits per heavy atom. The van der Waals surface area contributed by atoms with Crippen molar-refractivity contribution in [2.75, 3.05) is 6.61 Å². The largest absolute Gasteiger partial charge is 0.445 e. The molecule has 0 radical (unpaired) electrons. The van der Waals surface area contributed by atoms with Gasteiger partial charge in [-0.3, -0.25) is 0 Å². The summed E-state index contributed by atoms with van der Waals surface area (Å²) in [4.78, 5) is 20.7. The Hall–Kier alpha value is -1.52. The van der Waals surface area contributed by atoms with Gasteiger partial charge in [0.15, 0.2) is 0 Å². The number of hydrogen-bond donors (Lipinski definition) is 2. The minimum Gasteiger partial charge on any atom is -0.445 e. The summed E-state index contributed by atoms with van der Waals surface area (Å²) in [5.41, 5.74) is 5.69. The van der Waals surface area contributed by atoms with Crippen LogP contribution in [0.15, 0.2) is 11.6 Å². The van der Waals surface area contributed by atoms with Crippen molar-refractivity contribution >= 4 is 12.1 Å². The summed E-state index contributed by atoms with van der Waals surface area (Å²) < 4.78 is 4.54. The molecule has 3 N–H and O–H groups in total. The van der Waals surface area contributed by atoms with Gasteiger partial charge in [0.1, 0.15) is 6.61 Å². The van der Waals surface area contributed by atoms with E-state index in [9.17, 15) is 9.59 Å². The van der Waals surface area contributed by atoms with Gasteiger partial charge in [0.05, 0.1) is 0 Å². The third kappa shape index (κ3) is 6.60. The first-order chi connectivity index (χ1) is 5.52. The first-order valence-corrected chi connectivity index (χ1v) is 3.39. The van der Waals surface area contributed by atoms with E-state index >= 15 is 0 Å². The molecule has 0 unspecified atom stereocenters. The van der Waals surface area contributed by atoms with Crippen LogP contribution in [0.3, 0.4) is 0 Å². The van der Waals surface area contributed by atoms with E-state index in [1.807, 2.05) is 13.8 Å². The monoisotopic (exact) mass is 172 g/mol. The molecule has 0 rings (SSSR count). The maximum absolute atomic E-state index is 10.6. The smallest absolute Gasteiger partial charge is 0.415 e. The van der Waals surface area contributed by atoms with Gasteiger partial charge in [0.2, 0.25) is 0 Å². The number of imide groups is 1. The minimum absolute atomic E-state index is 0.140. The number of nitrogens with two attached hydrogens (primary N) is 1. The van der Waals surface area contributed by atoms with Crippen LogP contribution in [0.5, 0.6) is 0 Å². The number of primary amides is 1. The Labute approximate surface area is 70.6 Å². The molecule has 0 aromatic carbocycles. The van der Waals surface area contributed by atoms with Gasteiger partial charge in [-0.2, -0.15) is 0 Å². The van der Waals surface area contributed by atoms with Crippen molar-refractivity contribution in [2.45, 2.75) is 13.8 Å². The summed E-state index contributed by atoms with van der Waals surface area (Å²) >= 11 is 0. The van der Waals surface area contributed by atoms with Crippen LogP contribution in [0.2, 0.25) is 0 Å². The third-order valence-corrected chi connectivity index (χ3v) is 0.931. The van der Waals surface area contributed by atoms with Crippen LogP contribution in [-0.2, 0) is 4.74 Å². The number of urea groups is 1. The zero-order valence-electron chi connectivity index (χ0n) is 7.09. The molecule has 0 spiro atoms. The van der Waals surface area contributed by atoms with E-state index < -0.39 is 12.1 Å². The highest BCUT2D eigenvalue weighted by Crippen LogP contribution is 1.88. The maximum atomic E-state index is 10.6. The quantitative estimate of drug-likeness (QED) is 0.603. The zero-order chi connectivity index (χ0) is 9.56. The fourth-order valence-corrected chi connectivity index (χ4v) is 0.421. The van der Waals surface area contributed by atoms with E-state index in [1.165, 1.54) is 0 Å². The van der Waals surface area contributed by atoms with Crippen molar-refractivity contribution in [3.63, 3.8) is 0 Å². The van der Waals surface area contributed by atoms with Crippen molar-refractivity contribution < 1.29 is 14.3 Å². The molecule has 12 heavy (non-hydrogen) atoms. The molecule has 0 bridgehead atoms. The summed E-state index contributed by atoms with van der Waals surface area (Å²) in [5, 5.41) is 1.76. The van der Waals surface area contributed by atoms with Gasteiger partial charge in [0, 0.05) is 0 Å². The Morgan fingerprint density at radius 3 is 2.50 bits per heavy atom. The number of nitrogens with one attached hydrogen (secondary N) is 1. The lowest BCUT2D eigenvalue weighted by Gasteiger charge is -2.00. The second-order valence-electron chi connectivity index (χ2n) is 2.37. The van der Waals surface area contributed by atoms with Gasteiger partial charge < -0.3 is 10.5 Å². The van der Waals surface area contributed by atoms with Crippen LogP contribution >= 0.6 is 0 Å². The predicted octanol–water partition coefficient (Wildman–Crippen LogP) is 0.758. The molecular weight excluding hydrogens is 160 g/mol. The second kappa shape index (κ2) is 5.17. The Kier molecular flexibility index (Phi) is 4.52. The summed E-state index contributed by atoms with van der Waals surface area (Å²) in [7, 11) is 0. The Balaban J connectivity index is 3.58. The van der Waals surface area contributed by atoms with Crippen LogP contribution in [0, 0.1) is 0 Å². The molecule has 0 heterocycles. The Bertz CT molecular complexity index is 207. The van der Waals surface area contributed by atoms with Gasteiger partial charge >= 0.3 is 12.1 Å². The summed E-state index contributed by atoms with van der Waals surface area (Å²) in [6, 6.07) is -0.919. The number of carbonyl (C=O) groups is 2. The highest BCUT2D eigenvalue weighted by atomic mass is 16.5. The van der Waals surface area contributed by atoms with Gasteiger partial charge in [-0.1, -0.05) is 5.57 Å². The third-order valence-electron chi connectivity index (χ3n) is 0.931. The molecule has 0 atom stereocenters. The molecule has 0 aromatic rings. The molecule has 0 aliphatic heterocycles. The summed E-state index contributed by atoms with van der Waals surface area (Å²) in [5.74, 6) is 0. The normalized spacial score (nSPS) is 8.50. The molecule has 0 aliphatic rings. The Morgan fingerprint density at radius 2 is 2.08 bits per heavy atom. The summed E-state index contributed by atoms with van der Waals surface area (Å²) in [6.07, 6.45) is 0.876. The van der Waals surface area contributed by atoms with Crippen LogP contribution in [0.1, 0.15) is 13.8 Å². The highest BCUT2D eigenvalue weighted by molar-refractivity contribution is 5.89. The van der Waals surface area contributed by atoms with E-state index in [0.717, 1.165) is 5.57 Å². The van der Waals surface area contributed by atoms with Crippen molar-refractivity contribution in [3.05, 3.63) is 11.6 Å². The number of alkyl carbamates (subject to hydrolysis) is 1. The van der Waals surface area contributed by atoms with Crippen LogP contribution < -0.4 is 11.1 Å². The number of amides is 3. The molecule has 0 aromatic heterocycles. The van der Waals surface area contributed by atoms with E-state index in [-0.39, 0.29) is 6.61 Å². The lowest BCUT2D eigenvalue weighted by atomic mass is 10.3.